The third-order valence-corrected chi connectivity index (χ3v) is 5.48. The van der Waals surface area contributed by atoms with E-state index in [-0.39, 0.29) is 23.2 Å². The fraction of sp³-hybridized carbons (Fsp3) is 0.227. The zero-order valence-corrected chi connectivity index (χ0v) is 17.1. The number of para-hydroxylation sites is 1. The molecule has 0 N–H and O–H groups in total. The highest BCUT2D eigenvalue weighted by Gasteiger charge is 2.37. The van der Waals surface area contributed by atoms with Crippen LogP contribution in [0.4, 0.5) is 13.2 Å². The van der Waals surface area contributed by atoms with E-state index < -0.39 is 17.8 Å². The van der Waals surface area contributed by atoms with Crippen molar-refractivity contribution in [3.63, 3.8) is 0 Å². The molecule has 0 radical (unpaired) electrons. The van der Waals surface area contributed by atoms with Crippen LogP contribution in [0.5, 0.6) is 0 Å². The van der Waals surface area contributed by atoms with Gasteiger partial charge in [-0.25, -0.2) is 0 Å². The Bertz CT molecular complexity index is 1290. The molecule has 3 heterocycles. The summed E-state index contributed by atoms with van der Waals surface area (Å²) in [7, 11) is 0. The van der Waals surface area contributed by atoms with Gasteiger partial charge in [-0.3, -0.25) is 4.79 Å². The van der Waals surface area contributed by atoms with Crippen LogP contribution in [0, 0.1) is 0 Å². The molecule has 1 unspecified atom stereocenters. The van der Waals surface area contributed by atoms with Gasteiger partial charge >= 0.3 is 6.18 Å². The fourth-order valence-electron chi connectivity index (χ4n) is 4.00. The predicted molar refractivity (Wildman–Crippen MR) is 109 cm³/mol. The number of nitrogens with zero attached hydrogens (tertiary/aromatic N) is 6. The molecule has 8 nitrogen and oxygen atoms in total. The third-order valence-electron chi connectivity index (χ3n) is 5.48. The summed E-state index contributed by atoms with van der Waals surface area (Å²) in [6, 6.07) is 11.4. The Kier molecular flexibility index (Phi) is 5.15. The van der Waals surface area contributed by atoms with Gasteiger partial charge in [0.1, 0.15) is 6.04 Å². The quantitative estimate of drug-likeness (QED) is 0.456. The minimum Gasteiger partial charge on any atom is -0.337 e. The smallest absolute Gasteiger partial charge is 0.337 e. The zero-order chi connectivity index (χ0) is 23.0. The highest BCUT2D eigenvalue weighted by molar-refractivity contribution is 5.98. The number of alkyl halides is 3. The fourth-order valence-corrected chi connectivity index (χ4v) is 4.00. The Labute approximate surface area is 185 Å². The predicted octanol–water partition coefficient (Wildman–Crippen LogP) is 4.31. The largest absolute Gasteiger partial charge is 0.417 e. The van der Waals surface area contributed by atoms with Crippen LogP contribution in [0.3, 0.4) is 0 Å². The van der Waals surface area contributed by atoms with Crippen LogP contribution in [0.2, 0.25) is 0 Å². The maximum absolute atomic E-state index is 13.4. The number of carbonyl (C=O) groups is 1. The molecular weight excluding hydrogens is 437 g/mol. The van der Waals surface area contributed by atoms with Crippen molar-refractivity contribution in [2.45, 2.75) is 25.1 Å². The van der Waals surface area contributed by atoms with Gasteiger partial charge in [0.2, 0.25) is 11.7 Å². The number of aromatic nitrogens is 5. The highest BCUT2D eigenvalue weighted by Crippen LogP contribution is 2.38. The van der Waals surface area contributed by atoms with Crippen molar-refractivity contribution < 1.29 is 22.5 Å². The normalized spacial score (nSPS) is 16.3. The number of hydrogen-bond acceptors (Lipinski definition) is 6. The summed E-state index contributed by atoms with van der Waals surface area (Å²) in [6.07, 6.45) is -0.291. The van der Waals surface area contributed by atoms with Crippen LogP contribution in [0.1, 0.15) is 40.7 Å². The van der Waals surface area contributed by atoms with Crippen LogP contribution in [-0.4, -0.2) is 42.5 Å². The Morgan fingerprint density at radius 1 is 1.03 bits per heavy atom. The van der Waals surface area contributed by atoms with Crippen LogP contribution >= 0.6 is 0 Å². The van der Waals surface area contributed by atoms with Crippen molar-refractivity contribution in [2.24, 2.45) is 0 Å². The van der Waals surface area contributed by atoms with Crippen molar-refractivity contribution in [1.82, 2.24) is 30.0 Å². The minimum atomic E-state index is -4.56. The molecule has 1 aliphatic rings. The molecule has 2 aromatic heterocycles. The molecule has 33 heavy (non-hydrogen) atoms. The Hall–Kier alpha value is -4.02. The number of hydrogen-bond donors (Lipinski definition) is 0. The van der Waals surface area contributed by atoms with Gasteiger partial charge in [-0.1, -0.05) is 35.5 Å². The van der Waals surface area contributed by atoms with Crippen molar-refractivity contribution >= 4 is 5.91 Å². The third kappa shape index (κ3) is 3.86. The van der Waals surface area contributed by atoms with E-state index in [2.05, 4.69) is 20.3 Å². The van der Waals surface area contributed by atoms with Crippen molar-refractivity contribution in [1.29, 1.82) is 0 Å². The highest BCUT2D eigenvalue weighted by atomic mass is 19.4. The summed E-state index contributed by atoms with van der Waals surface area (Å²) < 4.78 is 45.5. The van der Waals surface area contributed by atoms with E-state index in [1.807, 2.05) is 0 Å². The van der Waals surface area contributed by atoms with E-state index in [0.29, 0.717) is 30.6 Å². The van der Waals surface area contributed by atoms with E-state index in [1.54, 1.807) is 29.2 Å². The van der Waals surface area contributed by atoms with Gasteiger partial charge in [0, 0.05) is 12.1 Å². The van der Waals surface area contributed by atoms with Gasteiger partial charge < -0.3 is 9.42 Å². The first-order valence-electron chi connectivity index (χ1n) is 10.2. The number of likely N-dealkylation sites (tertiary alicyclic amines) is 1. The first-order chi connectivity index (χ1) is 15.9. The lowest BCUT2D eigenvalue weighted by molar-refractivity contribution is -0.137. The molecule has 168 valence electrons. The number of carbonyl (C=O) groups excluding carboxylic acids is 1. The van der Waals surface area contributed by atoms with E-state index in [1.165, 1.54) is 35.4 Å². The molecule has 0 aliphatic carbocycles. The molecule has 11 heteroatoms. The molecule has 0 bridgehead atoms. The maximum atomic E-state index is 13.4. The van der Waals surface area contributed by atoms with E-state index >= 15 is 0 Å². The standard InChI is InChI=1S/C22H17F3N6O2/c23-22(24,25)16-8-3-1-6-14(16)19-28-20(33-29-19)18-10-5-13-30(18)21(32)15-7-2-4-9-17(15)31-26-11-12-27-31/h1-4,6-9,11-12,18H,5,10,13H2. The van der Waals surface area contributed by atoms with Crippen LogP contribution in [0.15, 0.2) is 65.4 Å². The van der Waals surface area contributed by atoms with Gasteiger partial charge in [0.25, 0.3) is 5.91 Å². The lowest BCUT2D eigenvalue weighted by atomic mass is 10.1. The van der Waals surface area contributed by atoms with Gasteiger partial charge in [-0.15, -0.1) is 0 Å². The van der Waals surface area contributed by atoms with Crippen molar-refractivity contribution in [3.05, 3.63) is 77.9 Å². The Morgan fingerprint density at radius 3 is 2.55 bits per heavy atom. The molecule has 4 aromatic rings. The summed E-state index contributed by atoms with van der Waals surface area (Å²) >= 11 is 0. The molecule has 1 atom stereocenters. The van der Waals surface area contributed by atoms with E-state index in [4.69, 9.17) is 4.52 Å². The lowest BCUT2D eigenvalue weighted by Gasteiger charge is -2.22. The lowest BCUT2D eigenvalue weighted by Crippen LogP contribution is -2.31. The van der Waals surface area contributed by atoms with Crippen molar-refractivity contribution in [3.8, 4) is 17.1 Å². The summed E-state index contributed by atoms with van der Waals surface area (Å²) in [4.78, 5) is 20.6. The van der Waals surface area contributed by atoms with E-state index in [9.17, 15) is 18.0 Å². The summed E-state index contributed by atoms with van der Waals surface area (Å²) in [5.74, 6) is -0.346. The summed E-state index contributed by atoms with van der Waals surface area (Å²) in [6.45, 7) is 0.446. The summed E-state index contributed by atoms with van der Waals surface area (Å²) in [5, 5.41) is 12.0. The minimum absolute atomic E-state index is 0.0996. The molecule has 5 rings (SSSR count). The average molecular weight is 454 g/mol. The number of halogens is 3. The van der Waals surface area contributed by atoms with Gasteiger partial charge in [-0.2, -0.15) is 33.1 Å². The molecule has 2 aromatic carbocycles. The van der Waals surface area contributed by atoms with Gasteiger partial charge in [0.15, 0.2) is 0 Å². The summed E-state index contributed by atoms with van der Waals surface area (Å²) in [5.41, 5.74) is -0.116. The molecule has 0 spiro atoms. The van der Waals surface area contributed by atoms with E-state index in [0.717, 1.165) is 6.07 Å². The average Bonchev–Trinajstić information content (AvgIpc) is 3.59. The number of benzene rings is 2. The monoisotopic (exact) mass is 454 g/mol. The molecule has 1 aliphatic heterocycles. The van der Waals surface area contributed by atoms with Gasteiger partial charge in [-0.05, 0) is 31.0 Å². The second-order valence-corrected chi connectivity index (χ2v) is 7.49. The SMILES string of the molecule is O=C(c1ccccc1-n1nccn1)N1CCCC1c1nc(-c2ccccc2C(F)(F)F)no1. The molecule has 1 amide bonds. The second-order valence-electron chi connectivity index (χ2n) is 7.49. The zero-order valence-electron chi connectivity index (χ0n) is 17.1. The van der Waals surface area contributed by atoms with Gasteiger partial charge in [0.05, 0.1) is 29.2 Å². The Balaban J connectivity index is 1.46. The van der Waals surface area contributed by atoms with Crippen LogP contribution < -0.4 is 0 Å². The van der Waals surface area contributed by atoms with Crippen LogP contribution in [0.25, 0.3) is 17.1 Å². The molecule has 1 saturated heterocycles. The number of rotatable bonds is 4. The Morgan fingerprint density at radius 2 is 1.76 bits per heavy atom. The van der Waals surface area contributed by atoms with Crippen LogP contribution in [-0.2, 0) is 6.18 Å². The second kappa shape index (κ2) is 8.15. The first-order valence-corrected chi connectivity index (χ1v) is 10.2. The topological polar surface area (TPSA) is 89.9 Å². The first kappa shape index (κ1) is 20.9. The molecule has 0 saturated carbocycles. The molecular formula is C22H17F3N6O2. The molecule has 1 fully saturated rings. The number of amides is 1. The maximum Gasteiger partial charge on any atom is 0.417 e. The van der Waals surface area contributed by atoms with Crippen molar-refractivity contribution in [2.75, 3.05) is 6.54 Å².